The molecular weight excluding hydrogens is 322 g/mol. The zero-order valence-corrected chi connectivity index (χ0v) is 14.7. The van der Waals surface area contributed by atoms with Gasteiger partial charge < -0.3 is 4.90 Å². The molecule has 0 saturated carbocycles. The maximum atomic E-state index is 9.46. The lowest BCUT2D eigenvalue weighted by molar-refractivity contribution is 0.249. The van der Waals surface area contributed by atoms with E-state index < -0.39 is 0 Å². The number of piperazine rings is 1. The van der Waals surface area contributed by atoms with Gasteiger partial charge in [-0.3, -0.25) is 4.90 Å². The van der Waals surface area contributed by atoms with Crippen LogP contribution in [-0.4, -0.2) is 41.3 Å². The number of rotatable bonds is 3. The van der Waals surface area contributed by atoms with Crippen LogP contribution in [0.15, 0.2) is 24.3 Å². The normalized spacial score (nSPS) is 15.3. The van der Waals surface area contributed by atoms with E-state index in [-0.39, 0.29) is 0 Å². The summed E-state index contributed by atoms with van der Waals surface area (Å²) in [6.07, 6.45) is 0. The number of halogens is 1. The van der Waals surface area contributed by atoms with Gasteiger partial charge in [-0.15, -0.1) is 5.10 Å². The van der Waals surface area contributed by atoms with Gasteiger partial charge in [0, 0.05) is 37.7 Å². The highest BCUT2D eigenvalue weighted by Gasteiger charge is 2.22. The van der Waals surface area contributed by atoms with Gasteiger partial charge in [0.25, 0.3) is 0 Å². The molecule has 2 aromatic rings. The number of nitrogens with zero attached hydrogens (tertiary/aromatic N) is 5. The van der Waals surface area contributed by atoms with Crippen LogP contribution in [0.1, 0.15) is 22.4 Å². The van der Waals surface area contributed by atoms with Crippen LogP contribution in [-0.2, 0) is 6.54 Å². The highest BCUT2D eigenvalue weighted by atomic mass is 35.5. The zero-order valence-electron chi connectivity index (χ0n) is 14.0. The lowest BCUT2D eigenvalue weighted by atomic mass is 10.1. The summed E-state index contributed by atoms with van der Waals surface area (Å²) in [7, 11) is 0. The molecule has 1 aliphatic heterocycles. The van der Waals surface area contributed by atoms with Crippen molar-refractivity contribution in [2.24, 2.45) is 0 Å². The van der Waals surface area contributed by atoms with Crippen molar-refractivity contribution >= 4 is 17.4 Å². The smallest absolute Gasteiger partial charge is 0.169 e. The fourth-order valence-electron chi connectivity index (χ4n) is 2.94. The molecule has 1 aromatic heterocycles. The Labute approximate surface area is 147 Å². The summed E-state index contributed by atoms with van der Waals surface area (Å²) in [5.74, 6) is 0.706. The van der Waals surface area contributed by atoms with Crippen LogP contribution in [0.4, 0.5) is 5.82 Å². The molecule has 0 unspecified atom stereocenters. The highest BCUT2D eigenvalue weighted by molar-refractivity contribution is 6.31. The topological polar surface area (TPSA) is 56.1 Å². The lowest BCUT2D eigenvalue weighted by Crippen LogP contribution is -2.46. The third kappa shape index (κ3) is 3.35. The van der Waals surface area contributed by atoms with Gasteiger partial charge in [-0.2, -0.15) is 10.4 Å². The van der Waals surface area contributed by atoms with E-state index in [1.807, 2.05) is 32.0 Å². The third-order valence-electron chi connectivity index (χ3n) is 4.57. The van der Waals surface area contributed by atoms with E-state index in [0.717, 1.165) is 54.6 Å². The van der Waals surface area contributed by atoms with Crippen LogP contribution < -0.4 is 4.90 Å². The minimum atomic E-state index is 0.641. The highest BCUT2D eigenvalue weighted by Crippen LogP contribution is 2.23. The minimum absolute atomic E-state index is 0.641. The Morgan fingerprint density at radius 1 is 1.12 bits per heavy atom. The summed E-state index contributed by atoms with van der Waals surface area (Å²) in [6, 6.07) is 10.2. The predicted octanol–water partition coefficient (Wildman–Crippen LogP) is 2.94. The van der Waals surface area contributed by atoms with Gasteiger partial charge in [0.05, 0.1) is 5.69 Å². The van der Waals surface area contributed by atoms with E-state index in [2.05, 4.69) is 32.1 Å². The Morgan fingerprint density at radius 3 is 2.50 bits per heavy atom. The predicted molar refractivity (Wildman–Crippen MR) is 95.2 cm³/mol. The van der Waals surface area contributed by atoms with Crippen LogP contribution in [0, 0.1) is 25.2 Å². The van der Waals surface area contributed by atoms with Crippen molar-refractivity contribution < 1.29 is 0 Å². The minimum Gasteiger partial charge on any atom is -0.351 e. The Hall–Kier alpha value is -2.16. The molecule has 0 bridgehead atoms. The van der Waals surface area contributed by atoms with E-state index in [0.29, 0.717) is 11.4 Å². The van der Waals surface area contributed by atoms with E-state index in [4.69, 9.17) is 11.6 Å². The number of hydrogen-bond acceptors (Lipinski definition) is 5. The fourth-order valence-corrected chi connectivity index (χ4v) is 3.13. The van der Waals surface area contributed by atoms with Gasteiger partial charge in [-0.25, -0.2) is 0 Å². The van der Waals surface area contributed by atoms with Gasteiger partial charge in [-0.1, -0.05) is 29.8 Å². The molecule has 0 radical (unpaired) electrons. The first-order chi connectivity index (χ1) is 11.6. The monoisotopic (exact) mass is 341 g/mol. The van der Waals surface area contributed by atoms with Gasteiger partial charge in [0.1, 0.15) is 11.6 Å². The molecule has 0 amide bonds. The third-order valence-corrected chi connectivity index (χ3v) is 4.94. The molecule has 0 spiro atoms. The quantitative estimate of drug-likeness (QED) is 0.859. The maximum Gasteiger partial charge on any atom is 0.169 e. The second-order valence-corrected chi connectivity index (χ2v) is 6.48. The van der Waals surface area contributed by atoms with Gasteiger partial charge in [0.15, 0.2) is 5.82 Å². The molecule has 2 heterocycles. The molecule has 3 rings (SSSR count). The van der Waals surface area contributed by atoms with Crippen LogP contribution in [0.2, 0.25) is 5.02 Å². The number of benzene rings is 1. The van der Waals surface area contributed by atoms with E-state index in [9.17, 15) is 5.26 Å². The number of anilines is 1. The van der Waals surface area contributed by atoms with Gasteiger partial charge >= 0.3 is 0 Å². The standard InChI is InChI=1S/C18H20ClN5/c1-13-14(2)21-22-18(16(13)11-20)24-9-7-23(8-10-24)12-15-5-3-4-6-17(15)19/h3-6H,7-10,12H2,1-2H3. The van der Waals surface area contributed by atoms with Crippen molar-refractivity contribution in [3.8, 4) is 6.07 Å². The molecule has 1 saturated heterocycles. The molecule has 5 nitrogen and oxygen atoms in total. The Kier molecular flexibility index (Phi) is 4.98. The SMILES string of the molecule is Cc1nnc(N2CCN(Cc3ccccc3Cl)CC2)c(C#N)c1C. The van der Waals surface area contributed by atoms with Crippen molar-refractivity contribution in [1.82, 2.24) is 15.1 Å². The van der Waals surface area contributed by atoms with Crippen LogP contribution in [0.5, 0.6) is 0 Å². The van der Waals surface area contributed by atoms with Crippen molar-refractivity contribution in [3.63, 3.8) is 0 Å². The molecule has 6 heteroatoms. The first-order valence-electron chi connectivity index (χ1n) is 8.05. The Bertz CT molecular complexity index is 775. The zero-order chi connectivity index (χ0) is 17.1. The van der Waals surface area contributed by atoms with Crippen molar-refractivity contribution in [1.29, 1.82) is 5.26 Å². The summed E-state index contributed by atoms with van der Waals surface area (Å²) < 4.78 is 0. The molecule has 1 aliphatic rings. The molecule has 1 fully saturated rings. The molecular formula is C18H20ClN5. The summed E-state index contributed by atoms with van der Waals surface area (Å²) >= 11 is 6.25. The Balaban J connectivity index is 1.69. The summed E-state index contributed by atoms with van der Waals surface area (Å²) in [6.45, 7) is 8.13. The molecule has 1 aromatic carbocycles. The van der Waals surface area contributed by atoms with Crippen LogP contribution in [0.25, 0.3) is 0 Å². The lowest BCUT2D eigenvalue weighted by Gasteiger charge is -2.35. The van der Waals surface area contributed by atoms with Gasteiger partial charge in [-0.05, 0) is 31.0 Å². The summed E-state index contributed by atoms with van der Waals surface area (Å²) in [5, 5.41) is 18.7. The van der Waals surface area contributed by atoms with Crippen molar-refractivity contribution in [2.75, 3.05) is 31.1 Å². The molecule has 0 atom stereocenters. The maximum absolute atomic E-state index is 9.46. The van der Waals surface area contributed by atoms with Crippen molar-refractivity contribution in [3.05, 3.63) is 51.7 Å². The number of nitriles is 1. The van der Waals surface area contributed by atoms with E-state index >= 15 is 0 Å². The number of hydrogen-bond donors (Lipinski definition) is 0. The van der Waals surface area contributed by atoms with Crippen LogP contribution in [0.3, 0.4) is 0 Å². The molecule has 0 N–H and O–H groups in total. The van der Waals surface area contributed by atoms with Crippen molar-refractivity contribution in [2.45, 2.75) is 20.4 Å². The van der Waals surface area contributed by atoms with Gasteiger partial charge in [0.2, 0.25) is 0 Å². The first kappa shape index (κ1) is 16.7. The Morgan fingerprint density at radius 2 is 1.83 bits per heavy atom. The summed E-state index contributed by atoms with van der Waals surface area (Å²) in [5.41, 5.74) is 3.52. The number of aromatic nitrogens is 2. The van der Waals surface area contributed by atoms with E-state index in [1.54, 1.807) is 0 Å². The molecule has 24 heavy (non-hydrogen) atoms. The second-order valence-electron chi connectivity index (χ2n) is 6.08. The van der Waals surface area contributed by atoms with Crippen LogP contribution >= 0.6 is 11.6 Å². The summed E-state index contributed by atoms with van der Waals surface area (Å²) in [4.78, 5) is 4.53. The largest absolute Gasteiger partial charge is 0.351 e. The molecule has 124 valence electrons. The second kappa shape index (κ2) is 7.16. The average Bonchev–Trinajstić information content (AvgIpc) is 2.60. The first-order valence-corrected chi connectivity index (χ1v) is 8.42. The average molecular weight is 342 g/mol. The molecule has 0 aliphatic carbocycles. The van der Waals surface area contributed by atoms with E-state index in [1.165, 1.54) is 0 Å². The fraction of sp³-hybridized carbons (Fsp3) is 0.389. The number of aryl methyl sites for hydroxylation is 1.